The van der Waals surface area contributed by atoms with Gasteiger partial charge in [-0.2, -0.15) is 0 Å². The summed E-state index contributed by atoms with van der Waals surface area (Å²) in [6.45, 7) is 0. The fraction of sp³-hybridized carbons (Fsp3) is 0. The van der Waals surface area contributed by atoms with Crippen molar-refractivity contribution in [2.75, 3.05) is 0 Å². The minimum absolute atomic E-state index is 0. The van der Waals surface area contributed by atoms with Crippen molar-refractivity contribution in [3.05, 3.63) is 0 Å². The summed E-state index contributed by atoms with van der Waals surface area (Å²) in [5.41, 5.74) is 0. The predicted octanol–water partition coefficient (Wildman–Crippen LogP) is -1.03. The summed E-state index contributed by atoms with van der Waals surface area (Å²) >= 11 is 0. The Bertz CT molecular complexity index is 8.00. The van der Waals surface area contributed by atoms with Crippen molar-refractivity contribution in [3.8, 4) is 0 Å². The van der Waals surface area contributed by atoms with Crippen molar-refractivity contribution in [1.82, 2.24) is 0 Å². The third-order valence-electron chi connectivity index (χ3n) is 0. The van der Waals surface area contributed by atoms with Crippen LogP contribution in [0.2, 0.25) is 0 Å². The van der Waals surface area contributed by atoms with E-state index in [2.05, 4.69) is 0 Å². The second-order valence-electron chi connectivity index (χ2n) is 0. The van der Waals surface area contributed by atoms with E-state index in [4.69, 9.17) is 0 Å². The fourth-order valence-electron chi connectivity index (χ4n) is 0. The van der Waals surface area contributed by atoms with Crippen LogP contribution in [0.5, 0.6) is 0 Å². The van der Waals surface area contributed by atoms with Gasteiger partial charge < -0.3 is 0 Å². The van der Waals surface area contributed by atoms with Gasteiger partial charge in [0, 0.05) is 50.6 Å². The minimum atomic E-state index is 0. The summed E-state index contributed by atoms with van der Waals surface area (Å²) < 4.78 is 0. The fourth-order valence-corrected chi connectivity index (χ4v) is 0. The Kier molecular flexibility index (Phi) is 171. The Balaban J connectivity index is 0. The summed E-state index contributed by atoms with van der Waals surface area (Å²) in [6.07, 6.45) is 0. The third-order valence-corrected chi connectivity index (χ3v) is 0. The van der Waals surface area contributed by atoms with E-state index in [9.17, 15) is 0 Å². The maximum Gasteiger partial charge on any atom is 0 e. The summed E-state index contributed by atoms with van der Waals surface area (Å²) in [6, 6.07) is 0. The van der Waals surface area contributed by atoms with Gasteiger partial charge >= 0.3 is 18.9 Å². The van der Waals surface area contributed by atoms with E-state index in [1.54, 1.807) is 0 Å². The molecule has 0 bridgehead atoms. The quantitative estimate of drug-likeness (QED) is 0.390. The maximum absolute atomic E-state index is 0. The van der Waals surface area contributed by atoms with Crippen LogP contribution in [-0.2, 0) is 33.3 Å². The van der Waals surface area contributed by atoms with Crippen molar-refractivity contribution in [2.24, 2.45) is 0 Å². The zero-order chi connectivity index (χ0) is 0. The van der Waals surface area contributed by atoms with Crippen molar-refractivity contribution in [2.45, 2.75) is 0 Å². The van der Waals surface area contributed by atoms with Gasteiger partial charge in [-0.1, -0.05) is 0 Å². The molecular formula is HAlCoLiNi. The first kappa shape index (κ1) is 35.6. The van der Waals surface area contributed by atoms with Crippen LogP contribution >= 0.6 is 0 Å². The molecule has 0 spiro atoms. The standard InChI is InChI=1S/Al.Co.Li.Ni.H. The van der Waals surface area contributed by atoms with Crippen molar-refractivity contribution in [3.63, 3.8) is 0 Å². The Labute approximate surface area is 68.9 Å². The van der Waals surface area contributed by atoms with Crippen LogP contribution in [0.4, 0.5) is 0 Å². The predicted molar refractivity (Wildman–Crippen MR) is 12.9 cm³/mol. The van der Waals surface area contributed by atoms with Gasteiger partial charge in [-0.25, -0.2) is 0 Å². The molecule has 0 aromatic heterocycles. The van der Waals surface area contributed by atoms with Crippen molar-refractivity contribution >= 4 is 36.2 Å². The third kappa shape index (κ3) is 8.92. The van der Waals surface area contributed by atoms with Crippen LogP contribution < -0.4 is 0 Å². The Hall–Kier alpha value is 2.13. The molecule has 4 heavy (non-hydrogen) atoms. The van der Waals surface area contributed by atoms with Gasteiger partial charge in [0.25, 0.3) is 0 Å². The molecule has 0 aliphatic rings. The molecule has 0 N–H and O–H groups in total. The van der Waals surface area contributed by atoms with Crippen LogP contribution in [0, 0.1) is 0 Å². The molecule has 0 atom stereocenters. The Morgan fingerprint density at radius 3 is 1.00 bits per heavy atom. The second-order valence-corrected chi connectivity index (χ2v) is 0. The van der Waals surface area contributed by atoms with Crippen LogP contribution in [0.15, 0.2) is 0 Å². The maximum atomic E-state index is 0. The van der Waals surface area contributed by atoms with Crippen molar-refractivity contribution < 1.29 is 33.3 Å². The van der Waals surface area contributed by atoms with Gasteiger partial charge in [-0.3, -0.25) is 0 Å². The van der Waals surface area contributed by atoms with E-state index in [-0.39, 0.29) is 69.5 Å². The molecule has 0 aliphatic heterocycles. The van der Waals surface area contributed by atoms with Gasteiger partial charge in [0.15, 0.2) is 0 Å². The second kappa shape index (κ2) is 19.3. The van der Waals surface area contributed by atoms with Gasteiger partial charge in [-0.15, -0.1) is 0 Å². The monoisotopic (exact) mass is 152 g/mol. The van der Waals surface area contributed by atoms with Gasteiger partial charge in [0.05, 0.1) is 0 Å². The first-order valence-electron chi connectivity index (χ1n) is 0. The Morgan fingerprint density at radius 2 is 1.00 bits per heavy atom. The Morgan fingerprint density at radius 1 is 1.00 bits per heavy atom. The molecule has 4 heteroatoms. The molecule has 0 rings (SSSR count). The molecule has 0 saturated carbocycles. The average molecular weight is 153 g/mol. The molecule has 0 nitrogen and oxygen atoms in total. The van der Waals surface area contributed by atoms with Gasteiger partial charge in [0.1, 0.15) is 0 Å². The molecule has 4 radical (unpaired) electrons. The smallest absolute Gasteiger partial charge is 0 e. The van der Waals surface area contributed by atoms with E-state index in [0.717, 1.165) is 0 Å². The molecule has 0 aliphatic carbocycles. The molecule has 0 fully saturated rings. The molecule has 0 amide bonds. The number of hydrogen-bond donors (Lipinski definition) is 0. The topological polar surface area (TPSA) is 0 Å². The summed E-state index contributed by atoms with van der Waals surface area (Å²) in [5.74, 6) is 0. The van der Waals surface area contributed by atoms with E-state index >= 15 is 0 Å². The van der Waals surface area contributed by atoms with Crippen LogP contribution in [0.1, 0.15) is 0 Å². The zero-order valence-electron chi connectivity index (χ0n) is 1.23. The van der Waals surface area contributed by atoms with Crippen LogP contribution in [-0.4, -0.2) is 36.2 Å². The van der Waals surface area contributed by atoms with Crippen molar-refractivity contribution in [1.29, 1.82) is 0 Å². The zero-order valence-corrected chi connectivity index (χ0v) is 4.41. The molecule has 0 aromatic rings. The largest absolute Gasteiger partial charge is 0 e. The molecule has 0 unspecified atom stereocenters. The molecular weight excluding hydrogens is 152 g/mol. The summed E-state index contributed by atoms with van der Waals surface area (Å²) in [5, 5.41) is 0. The normalized spacial score (nSPS) is 0. The van der Waals surface area contributed by atoms with Crippen LogP contribution in [0.25, 0.3) is 0 Å². The van der Waals surface area contributed by atoms with E-state index in [1.165, 1.54) is 0 Å². The van der Waals surface area contributed by atoms with E-state index < -0.39 is 0 Å². The number of rotatable bonds is 0. The number of hydrogen-bond acceptors (Lipinski definition) is 0. The summed E-state index contributed by atoms with van der Waals surface area (Å²) in [4.78, 5) is 0. The van der Waals surface area contributed by atoms with E-state index in [0.29, 0.717) is 0 Å². The van der Waals surface area contributed by atoms with Gasteiger partial charge in [-0.05, 0) is 0 Å². The average Bonchev–Trinajstić information content (AvgIpc) is 0. The first-order valence-corrected chi connectivity index (χ1v) is 0. The van der Waals surface area contributed by atoms with Crippen LogP contribution in [0.3, 0.4) is 0 Å². The minimum Gasteiger partial charge on any atom is 0 e. The summed E-state index contributed by atoms with van der Waals surface area (Å²) in [7, 11) is 0. The van der Waals surface area contributed by atoms with Gasteiger partial charge in [0.2, 0.25) is 0 Å². The SMILES string of the molecule is [Al].[Co].[LiH].[Ni]. The molecule has 0 aromatic carbocycles. The first-order chi connectivity index (χ1) is 0. The van der Waals surface area contributed by atoms with E-state index in [1.807, 2.05) is 0 Å². The molecule has 0 heterocycles. The molecule has 0 saturated heterocycles. The molecule has 24 valence electrons.